The third kappa shape index (κ3) is 5.68. The number of amides is 3. The van der Waals surface area contributed by atoms with Gasteiger partial charge in [0.25, 0.3) is 17.7 Å². The van der Waals surface area contributed by atoms with Crippen molar-refractivity contribution in [3.63, 3.8) is 0 Å². The molecule has 3 amide bonds. The van der Waals surface area contributed by atoms with Gasteiger partial charge in [0.2, 0.25) is 5.75 Å². The summed E-state index contributed by atoms with van der Waals surface area (Å²) < 4.78 is 16.2. The van der Waals surface area contributed by atoms with Crippen LogP contribution in [0.15, 0.2) is 41.8 Å². The molecule has 0 atom stereocenters. The summed E-state index contributed by atoms with van der Waals surface area (Å²) in [6.45, 7) is 1.05. The number of carbonyl (C=O) groups is 3. The predicted octanol–water partition coefficient (Wildman–Crippen LogP) is 3.92. The van der Waals surface area contributed by atoms with Gasteiger partial charge in [0.1, 0.15) is 5.69 Å². The van der Waals surface area contributed by atoms with Crippen molar-refractivity contribution >= 4 is 40.7 Å². The van der Waals surface area contributed by atoms with E-state index < -0.39 is 11.8 Å². The minimum absolute atomic E-state index is 0.107. The van der Waals surface area contributed by atoms with Gasteiger partial charge in [-0.15, -0.1) is 11.3 Å². The smallest absolute Gasteiger partial charge is 0.289 e. The Morgan fingerprint density at radius 2 is 1.61 bits per heavy atom. The van der Waals surface area contributed by atoms with Gasteiger partial charge < -0.3 is 19.1 Å². The molecule has 0 bridgehead atoms. The molecule has 2 heterocycles. The van der Waals surface area contributed by atoms with Crippen LogP contribution in [0.25, 0.3) is 0 Å². The summed E-state index contributed by atoms with van der Waals surface area (Å²) in [7, 11) is 4.50. The molecule has 3 aromatic rings. The van der Waals surface area contributed by atoms with Crippen molar-refractivity contribution in [2.45, 2.75) is 18.8 Å². The number of rotatable bonds is 7. The normalized spacial score (nSPS) is 13.5. The van der Waals surface area contributed by atoms with Crippen molar-refractivity contribution < 1.29 is 28.6 Å². The number of hydrazine groups is 1. The molecule has 4 rings (SSSR count). The first-order valence-corrected chi connectivity index (χ1v) is 13.0. The number of carbonyl (C=O) groups excluding carboxylic acids is 3. The molecule has 1 aliphatic rings. The molecule has 0 unspecified atom stereocenters. The first-order valence-electron chi connectivity index (χ1n) is 11.8. The van der Waals surface area contributed by atoms with Gasteiger partial charge in [0.05, 0.1) is 42.5 Å². The number of ether oxygens (including phenoxy) is 3. The van der Waals surface area contributed by atoms with Gasteiger partial charge in [-0.1, -0.05) is 23.7 Å². The van der Waals surface area contributed by atoms with Crippen LogP contribution in [0, 0.1) is 0 Å². The summed E-state index contributed by atoms with van der Waals surface area (Å²) >= 11 is 7.40. The zero-order valence-corrected chi connectivity index (χ0v) is 22.6. The van der Waals surface area contributed by atoms with E-state index >= 15 is 0 Å². The summed E-state index contributed by atoms with van der Waals surface area (Å²) in [5.74, 6) is 0.0733. The number of nitrogens with one attached hydrogen (secondary N) is 2. The number of methoxy groups -OCH3 is 3. The molecule has 2 aromatic carbocycles. The maximum Gasteiger partial charge on any atom is 0.289 e. The standard InChI is InChI=1S/C26H27ClN4O6S/c1-35-20-9-8-17(21(36-2)22(20)37-3)26(34)31-12-10-15(11-13-31)25-28-19(14-38-25)24(33)30-29-23(32)16-6-4-5-7-18(16)27/h4-9,14-15H,10-13H2,1-3H3,(H,29,32)(H,30,33). The summed E-state index contributed by atoms with van der Waals surface area (Å²) in [6, 6.07) is 9.89. The van der Waals surface area contributed by atoms with Gasteiger partial charge in [-0.25, -0.2) is 4.98 Å². The van der Waals surface area contributed by atoms with E-state index in [2.05, 4.69) is 15.8 Å². The van der Waals surface area contributed by atoms with E-state index in [1.807, 2.05) is 0 Å². The number of nitrogens with zero attached hydrogens (tertiary/aromatic N) is 2. The van der Waals surface area contributed by atoms with Crippen molar-refractivity contribution in [2.24, 2.45) is 0 Å². The second-order valence-electron chi connectivity index (χ2n) is 8.41. The second kappa shape index (κ2) is 12.1. The van der Waals surface area contributed by atoms with E-state index in [9.17, 15) is 14.4 Å². The molecule has 1 fully saturated rings. The molecule has 0 radical (unpaired) electrons. The minimum Gasteiger partial charge on any atom is -0.493 e. The highest BCUT2D eigenvalue weighted by atomic mass is 35.5. The van der Waals surface area contributed by atoms with Gasteiger partial charge >= 0.3 is 0 Å². The second-order valence-corrected chi connectivity index (χ2v) is 9.70. The van der Waals surface area contributed by atoms with Gasteiger partial charge in [-0.3, -0.25) is 25.2 Å². The number of halogens is 1. The average molecular weight is 559 g/mol. The van der Waals surface area contributed by atoms with E-state index in [0.717, 1.165) is 5.01 Å². The molecule has 1 saturated heterocycles. The fourth-order valence-corrected chi connectivity index (χ4v) is 5.43. The number of likely N-dealkylation sites (tertiary alicyclic amines) is 1. The first-order chi connectivity index (χ1) is 18.4. The predicted molar refractivity (Wildman–Crippen MR) is 142 cm³/mol. The lowest BCUT2D eigenvalue weighted by Gasteiger charge is -2.31. The van der Waals surface area contributed by atoms with Crippen LogP contribution >= 0.6 is 22.9 Å². The Bertz CT molecular complexity index is 1340. The molecular weight excluding hydrogens is 532 g/mol. The number of piperidine rings is 1. The molecule has 0 saturated carbocycles. The van der Waals surface area contributed by atoms with E-state index in [1.54, 1.807) is 46.7 Å². The summed E-state index contributed by atoms with van der Waals surface area (Å²) in [5.41, 5.74) is 5.58. The maximum atomic E-state index is 13.3. The monoisotopic (exact) mass is 558 g/mol. The van der Waals surface area contributed by atoms with Crippen LogP contribution < -0.4 is 25.1 Å². The van der Waals surface area contributed by atoms with Crippen LogP contribution in [0.5, 0.6) is 17.2 Å². The third-order valence-corrected chi connectivity index (χ3v) is 7.57. The SMILES string of the molecule is COc1ccc(C(=O)N2CCC(c3nc(C(=O)NNC(=O)c4ccccc4Cl)cs3)CC2)c(OC)c1OC. The van der Waals surface area contributed by atoms with E-state index in [4.69, 9.17) is 25.8 Å². The first kappa shape index (κ1) is 27.2. The Hall–Kier alpha value is -3.83. The largest absolute Gasteiger partial charge is 0.493 e. The number of hydrogen-bond acceptors (Lipinski definition) is 8. The zero-order chi connectivity index (χ0) is 27.2. The summed E-state index contributed by atoms with van der Waals surface area (Å²) in [5, 5.41) is 2.74. The molecule has 38 heavy (non-hydrogen) atoms. The summed E-state index contributed by atoms with van der Waals surface area (Å²) in [4.78, 5) is 44.3. The van der Waals surface area contributed by atoms with Crippen LogP contribution in [0.4, 0.5) is 0 Å². The number of hydrogen-bond donors (Lipinski definition) is 2. The lowest BCUT2D eigenvalue weighted by Crippen LogP contribution is -2.42. The molecule has 12 heteroatoms. The molecule has 0 aliphatic carbocycles. The van der Waals surface area contributed by atoms with Crippen LogP contribution in [0.1, 0.15) is 55.0 Å². The van der Waals surface area contributed by atoms with Gasteiger partial charge in [-0.2, -0.15) is 0 Å². The molecular formula is C26H27ClN4O6S. The van der Waals surface area contributed by atoms with Crippen molar-refractivity contribution in [3.05, 3.63) is 68.6 Å². The van der Waals surface area contributed by atoms with Crippen molar-refractivity contribution in [1.29, 1.82) is 0 Å². The van der Waals surface area contributed by atoms with Crippen LogP contribution in [-0.4, -0.2) is 62.0 Å². The van der Waals surface area contributed by atoms with E-state index in [-0.39, 0.29) is 28.1 Å². The Kier molecular flexibility index (Phi) is 8.70. The molecule has 200 valence electrons. The molecule has 0 spiro atoms. The zero-order valence-electron chi connectivity index (χ0n) is 21.1. The number of aromatic nitrogens is 1. The van der Waals surface area contributed by atoms with Gasteiger partial charge in [0.15, 0.2) is 11.5 Å². The third-order valence-electron chi connectivity index (χ3n) is 6.23. The lowest BCUT2D eigenvalue weighted by molar-refractivity contribution is 0.0708. The van der Waals surface area contributed by atoms with Crippen LogP contribution in [-0.2, 0) is 0 Å². The minimum atomic E-state index is -0.527. The average Bonchev–Trinajstić information content (AvgIpc) is 3.45. The highest BCUT2D eigenvalue weighted by Crippen LogP contribution is 2.40. The highest BCUT2D eigenvalue weighted by Gasteiger charge is 2.30. The number of benzene rings is 2. The van der Waals surface area contributed by atoms with Gasteiger partial charge in [-0.05, 0) is 37.1 Å². The van der Waals surface area contributed by atoms with Crippen molar-refractivity contribution in [1.82, 2.24) is 20.7 Å². The molecule has 1 aliphatic heterocycles. The van der Waals surface area contributed by atoms with Crippen LogP contribution in [0.2, 0.25) is 5.02 Å². The lowest BCUT2D eigenvalue weighted by atomic mass is 9.97. The Morgan fingerprint density at radius 1 is 0.921 bits per heavy atom. The quantitative estimate of drug-likeness (QED) is 0.422. The Balaban J connectivity index is 1.35. The Morgan fingerprint density at radius 3 is 2.26 bits per heavy atom. The number of thiazole rings is 1. The molecule has 10 nitrogen and oxygen atoms in total. The van der Waals surface area contributed by atoms with Gasteiger partial charge in [0, 0.05) is 24.4 Å². The summed E-state index contributed by atoms with van der Waals surface area (Å²) in [6.07, 6.45) is 1.39. The van der Waals surface area contributed by atoms with Crippen LogP contribution in [0.3, 0.4) is 0 Å². The van der Waals surface area contributed by atoms with E-state index in [1.165, 1.54) is 32.7 Å². The maximum absolute atomic E-state index is 13.3. The molecule has 1 aromatic heterocycles. The molecule has 2 N–H and O–H groups in total. The fraction of sp³-hybridized carbons (Fsp3) is 0.308. The highest BCUT2D eigenvalue weighted by molar-refractivity contribution is 7.09. The van der Waals surface area contributed by atoms with Crippen molar-refractivity contribution in [3.8, 4) is 17.2 Å². The topological polar surface area (TPSA) is 119 Å². The van der Waals surface area contributed by atoms with Crippen molar-refractivity contribution in [2.75, 3.05) is 34.4 Å². The fourth-order valence-electron chi connectivity index (χ4n) is 4.24. The van der Waals surface area contributed by atoms with E-state index in [0.29, 0.717) is 48.7 Å². The Labute approximate surface area is 228 Å².